The fourth-order valence-corrected chi connectivity index (χ4v) is 4.85. The van der Waals surface area contributed by atoms with Gasteiger partial charge in [-0.05, 0) is 49.1 Å². The standard InChI is InChI=1S/C25H39N5O4/c1-25(2,15-23(32)30(17-22(31)28-34)16-19-9-3-4-10-19)18-26-24(33)27-20-11-5-6-12-21(20)29-13-7-8-14-29/h5-6,11-12,19,34H,3-4,7-10,13-18H2,1-2H3,(H,28,31)(H2,26,27,33). The summed E-state index contributed by atoms with van der Waals surface area (Å²) in [6, 6.07) is 7.48. The Bertz CT molecular complexity index is 847. The number of anilines is 2. The van der Waals surface area contributed by atoms with Crippen LogP contribution in [-0.4, -0.2) is 60.7 Å². The van der Waals surface area contributed by atoms with Crippen molar-refractivity contribution < 1.29 is 19.6 Å². The van der Waals surface area contributed by atoms with Gasteiger partial charge >= 0.3 is 6.03 Å². The number of hydrogen-bond acceptors (Lipinski definition) is 5. The molecule has 0 unspecified atom stereocenters. The van der Waals surface area contributed by atoms with Gasteiger partial charge in [-0.3, -0.25) is 14.8 Å². The highest BCUT2D eigenvalue weighted by Gasteiger charge is 2.29. The predicted molar refractivity (Wildman–Crippen MR) is 132 cm³/mol. The van der Waals surface area contributed by atoms with Gasteiger partial charge in [0, 0.05) is 32.6 Å². The molecule has 0 spiro atoms. The lowest BCUT2D eigenvalue weighted by molar-refractivity contribution is -0.141. The number of carbonyl (C=O) groups is 3. The van der Waals surface area contributed by atoms with Gasteiger partial charge in [0.05, 0.1) is 11.4 Å². The lowest BCUT2D eigenvalue weighted by Gasteiger charge is -2.30. The second-order valence-electron chi connectivity index (χ2n) is 10.3. The highest BCUT2D eigenvalue weighted by molar-refractivity contribution is 5.93. The molecule has 1 heterocycles. The largest absolute Gasteiger partial charge is 0.370 e. The molecule has 1 aromatic carbocycles. The molecule has 1 aliphatic carbocycles. The molecule has 1 aliphatic heterocycles. The molecule has 9 nitrogen and oxygen atoms in total. The van der Waals surface area contributed by atoms with Gasteiger partial charge in [-0.25, -0.2) is 10.3 Å². The van der Waals surface area contributed by atoms with Crippen LogP contribution < -0.4 is 21.0 Å². The van der Waals surface area contributed by atoms with Crippen molar-refractivity contribution in [3.63, 3.8) is 0 Å². The van der Waals surface area contributed by atoms with Gasteiger partial charge in [0.15, 0.2) is 0 Å². The molecule has 9 heteroatoms. The zero-order chi connectivity index (χ0) is 24.6. The van der Waals surface area contributed by atoms with Crippen LogP contribution in [0.3, 0.4) is 0 Å². The van der Waals surface area contributed by atoms with Crippen LogP contribution in [-0.2, 0) is 9.59 Å². The molecule has 1 aromatic rings. The lowest BCUT2D eigenvalue weighted by atomic mass is 9.88. The van der Waals surface area contributed by atoms with Gasteiger partial charge in [-0.15, -0.1) is 0 Å². The molecule has 0 bridgehead atoms. The number of hydrogen-bond donors (Lipinski definition) is 4. The highest BCUT2D eigenvalue weighted by atomic mass is 16.5. The van der Waals surface area contributed by atoms with Crippen LogP contribution in [0.1, 0.15) is 58.8 Å². The van der Waals surface area contributed by atoms with E-state index in [0.29, 0.717) is 19.0 Å². The zero-order valence-corrected chi connectivity index (χ0v) is 20.4. The van der Waals surface area contributed by atoms with E-state index in [0.717, 1.165) is 63.0 Å². The van der Waals surface area contributed by atoms with Gasteiger partial charge < -0.3 is 20.4 Å². The van der Waals surface area contributed by atoms with Gasteiger partial charge in [-0.1, -0.05) is 38.8 Å². The predicted octanol–water partition coefficient (Wildman–Crippen LogP) is 3.35. The second-order valence-corrected chi connectivity index (χ2v) is 10.3. The highest BCUT2D eigenvalue weighted by Crippen LogP contribution is 2.29. The number of rotatable bonds is 10. The van der Waals surface area contributed by atoms with Crippen LogP contribution in [0.25, 0.3) is 0 Å². The van der Waals surface area contributed by atoms with Gasteiger partial charge in [0.1, 0.15) is 6.54 Å². The fraction of sp³-hybridized carbons (Fsp3) is 0.640. The summed E-state index contributed by atoms with van der Waals surface area (Å²) < 4.78 is 0. The Balaban J connectivity index is 1.53. The summed E-state index contributed by atoms with van der Waals surface area (Å²) in [6.45, 7) is 6.47. The summed E-state index contributed by atoms with van der Waals surface area (Å²) in [5, 5.41) is 14.8. The maximum atomic E-state index is 13.1. The number of nitrogens with zero attached hydrogens (tertiary/aromatic N) is 2. The fourth-order valence-electron chi connectivity index (χ4n) is 4.85. The average molecular weight is 474 g/mol. The number of hydroxylamine groups is 1. The molecular formula is C25H39N5O4. The topological polar surface area (TPSA) is 114 Å². The van der Waals surface area contributed by atoms with Crippen molar-refractivity contribution in [3.05, 3.63) is 24.3 Å². The zero-order valence-electron chi connectivity index (χ0n) is 20.4. The molecule has 188 valence electrons. The van der Waals surface area contributed by atoms with E-state index in [2.05, 4.69) is 15.5 Å². The van der Waals surface area contributed by atoms with E-state index < -0.39 is 11.3 Å². The third-order valence-electron chi connectivity index (χ3n) is 6.72. The Morgan fingerprint density at radius 3 is 2.44 bits per heavy atom. The molecule has 1 saturated carbocycles. The van der Waals surface area contributed by atoms with E-state index in [-0.39, 0.29) is 24.9 Å². The minimum absolute atomic E-state index is 0.151. The average Bonchev–Trinajstić information content (AvgIpc) is 3.52. The van der Waals surface area contributed by atoms with Crippen LogP contribution in [0.2, 0.25) is 0 Å². The summed E-state index contributed by atoms with van der Waals surface area (Å²) in [7, 11) is 0. The first kappa shape index (κ1) is 25.8. The van der Waals surface area contributed by atoms with Gasteiger partial charge in [0.25, 0.3) is 5.91 Å². The Kier molecular flexibility index (Phi) is 9.15. The number of para-hydroxylation sites is 2. The van der Waals surface area contributed by atoms with Crippen LogP contribution in [0.5, 0.6) is 0 Å². The van der Waals surface area contributed by atoms with Crippen molar-refractivity contribution in [3.8, 4) is 0 Å². The molecule has 2 fully saturated rings. The minimum Gasteiger partial charge on any atom is -0.370 e. The quantitative estimate of drug-likeness (QED) is 0.307. The summed E-state index contributed by atoms with van der Waals surface area (Å²) in [6.07, 6.45) is 6.88. The van der Waals surface area contributed by atoms with Gasteiger partial charge in [-0.2, -0.15) is 0 Å². The van der Waals surface area contributed by atoms with Crippen molar-refractivity contribution in [1.82, 2.24) is 15.7 Å². The summed E-state index contributed by atoms with van der Waals surface area (Å²) in [5.74, 6) is -0.362. The normalized spacial score (nSPS) is 16.4. The van der Waals surface area contributed by atoms with Crippen molar-refractivity contribution >= 4 is 29.2 Å². The molecular weight excluding hydrogens is 434 g/mol. The first-order chi connectivity index (χ1) is 16.3. The number of carbonyl (C=O) groups excluding carboxylic acids is 3. The van der Waals surface area contributed by atoms with Crippen LogP contribution in [0.4, 0.5) is 16.2 Å². The van der Waals surface area contributed by atoms with E-state index in [1.165, 1.54) is 4.90 Å². The number of benzene rings is 1. The van der Waals surface area contributed by atoms with Crippen LogP contribution in [0.15, 0.2) is 24.3 Å². The smallest absolute Gasteiger partial charge is 0.319 e. The van der Waals surface area contributed by atoms with E-state index in [4.69, 9.17) is 5.21 Å². The number of urea groups is 1. The van der Waals surface area contributed by atoms with E-state index in [9.17, 15) is 14.4 Å². The maximum absolute atomic E-state index is 13.1. The van der Waals surface area contributed by atoms with E-state index in [1.807, 2.05) is 38.1 Å². The lowest BCUT2D eigenvalue weighted by Crippen LogP contribution is -2.45. The third kappa shape index (κ3) is 7.62. The van der Waals surface area contributed by atoms with E-state index in [1.54, 1.807) is 5.48 Å². The molecule has 1 saturated heterocycles. The van der Waals surface area contributed by atoms with Crippen LogP contribution in [0, 0.1) is 11.3 Å². The van der Waals surface area contributed by atoms with E-state index >= 15 is 0 Å². The Morgan fingerprint density at radius 1 is 1.09 bits per heavy atom. The molecule has 2 aliphatic rings. The summed E-state index contributed by atoms with van der Waals surface area (Å²) in [4.78, 5) is 41.3. The maximum Gasteiger partial charge on any atom is 0.319 e. The van der Waals surface area contributed by atoms with Crippen molar-refractivity contribution in [2.24, 2.45) is 11.3 Å². The Morgan fingerprint density at radius 2 is 1.76 bits per heavy atom. The Labute approximate surface area is 202 Å². The third-order valence-corrected chi connectivity index (χ3v) is 6.72. The van der Waals surface area contributed by atoms with Gasteiger partial charge in [0.2, 0.25) is 5.91 Å². The van der Waals surface area contributed by atoms with Crippen molar-refractivity contribution in [2.75, 3.05) is 42.9 Å². The summed E-state index contributed by atoms with van der Waals surface area (Å²) in [5.41, 5.74) is 2.91. The number of amides is 4. The SMILES string of the molecule is CC(C)(CNC(=O)Nc1ccccc1N1CCCC1)CC(=O)N(CC(=O)NO)CC1CCCC1. The van der Waals surface area contributed by atoms with Crippen molar-refractivity contribution in [2.45, 2.75) is 58.8 Å². The molecule has 0 radical (unpaired) electrons. The molecule has 34 heavy (non-hydrogen) atoms. The van der Waals surface area contributed by atoms with Crippen molar-refractivity contribution in [1.29, 1.82) is 0 Å². The first-order valence-electron chi connectivity index (χ1n) is 12.4. The Hall–Kier alpha value is -2.81. The molecule has 3 rings (SSSR count). The molecule has 4 amide bonds. The monoisotopic (exact) mass is 473 g/mol. The molecule has 4 N–H and O–H groups in total. The second kappa shape index (κ2) is 12.1. The minimum atomic E-state index is -0.599. The summed E-state index contributed by atoms with van der Waals surface area (Å²) >= 11 is 0. The molecule has 0 aromatic heterocycles. The van der Waals surface area contributed by atoms with Crippen LogP contribution >= 0.6 is 0 Å². The number of nitrogens with one attached hydrogen (secondary N) is 3. The molecule has 0 atom stereocenters. The first-order valence-corrected chi connectivity index (χ1v) is 12.4.